The lowest BCUT2D eigenvalue weighted by atomic mass is 9.95. The van der Waals surface area contributed by atoms with Crippen molar-refractivity contribution < 1.29 is 14.6 Å². The van der Waals surface area contributed by atoms with Gasteiger partial charge in [0.25, 0.3) is 0 Å². The summed E-state index contributed by atoms with van der Waals surface area (Å²) >= 11 is 0. The zero-order valence-electron chi connectivity index (χ0n) is 8.78. The van der Waals surface area contributed by atoms with Crippen LogP contribution in [0.15, 0.2) is 0 Å². The van der Waals surface area contributed by atoms with Crippen molar-refractivity contribution in [2.24, 2.45) is 0 Å². The summed E-state index contributed by atoms with van der Waals surface area (Å²) in [7, 11) is 0. The van der Waals surface area contributed by atoms with E-state index >= 15 is 0 Å². The quantitative estimate of drug-likeness (QED) is 0.780. The van der Waals surface area contributed by atoms with Gasteiger partial charge in [0.15, 0.2) is 0 Å². The second kappa shape index (κ2) is 5.14. The molecule has 1 aliphatic carbocycles. The number of carbonyl (C=O) groups is 1. The van der Waals surface area contributed by atoms with Crippen LogP contribution in [-0.4, -0.2) is 47.8 Å². The summed E-state index contributed by atoms with van der Waals surface area (Å²) in [5, 5.41) is 9.33. The van der Waals surface area contributed by atoms with Crippen molar-refractivity contribution in [3.8, 4) is 0 Å². The fourth-order valence-corrected chi connectivity index (χ4v) is 2.62. The highest BCUT2D eigenvalue weighted by molar-refractivity contribution is 5.85. The molecule has 15 heavy (non-hydrogen) atoms. The lowest BCUT2D eigenvalue weighted by Gasteiger charge is -2.39. The van der Waals surface area contributed by atoms with Gasteiger partial charge in [0, 0.05) is 13.1 Å². The zero-order valence-corrected chi connectivity index (χ0v) is 9.59. The topological polar surface area (TPSA) is 49.8 Å². The monoisotopic (exact) mass is 235 g/mol. The molecule has 2 rings (SSSR count). The molecule has 4 nitrogen and oxygen atoms in total. The maximum absolute atomic E-state index is 11.3. The minimum atomic E-state index is -0.642. The van der Waals surface area contributed by atoms with E-state index in [1.807, 2.05) is 0 Å². The normalized spacial score (nSPS) is 25.9. The number of rotatable bonds is 2. The number of hydrogen-bond acceptors (Lipinski definition) is 3. The van der Waals surface area contributed by atoms with E-state index in [0.717, 1.165) is 38.8 Å². The van der Waals surface area contributed by atoms with Crippen LogP contribution in [0.2, 0.25) is 0 Å². The number of ether oxygens (including phenoxy) is 1. The molecule has 1 saturated heterocycles. The zero-order chi connectivity index (χ0) is 10.0. The Morgan fingerprint density at radius 1 is 1.20 bits per heavy atom. The van der Waals surface area contributed by atoms with Gasteiger partial charge in [-0.1, -0.05) is 12.8 Å². The van der Waals surface area contributed by atoms with E-state index in [2.05, 4.69) is 4.90 Å². The van der Waals surface area contributed by atoms with Crippen molar-refractivity contribution in [1.82, 2.24) is 4.90 Å². The van der Waals surface area contributed by atoms with Crippen LogP contribution >= 0.6 is 12.4 Å². The minimum Gasteiger partial charge on any atom is -0.480 e. The number of morpholine rings is 1. The third-order valence-corrected chi connectivity index (χ3v) is 3.45. The molecule has 2 aliphatic rings. The van der Waals surface area contributed by atoms with Crippen LogP contribution in [0.4, 0.5) is 0 Å². The van der Waals surface area contributed by atoms with Crippen molar-refractivity contribution in [2.45, 2.75) is 31.2 Å². The Morgan fingerprint density at radius 2 is 1.73 bits per heavy atom. The molecule has 88 valence electrons. The summed E-state index contributed by atoms with van der Waals surface area (Å²) in [4.78, 5) is 13.4. The van der Waals surface area contributed by atoms with Gasteiger partial charge in [-0.05, 0) is 12.8 Å². The van der Waals surface area contributed by atoms with Gasteiger partial charge in [-0.3, -0.25) is 9.69 Å². The van der Waals surface area contributed by atoms with Crippen LogP contribution in [0.1, 0.15) is 25.7 Å². The van der Waals surface area contributed by atoms with Crippen molar-refractivity contribution in [2.75, 3.05) is 26.3 Å². The second-order valence-electron chi connectivity index (χ2n) is 4.14. The third-order valence-electron chi connectivity index (χ3n) is 3.45. The Balaban J connectivity index is 0.00000112. The van der Waals surface area contributed by atoms with E-state index in [9.17, 15) is 9.90 Å². The van der Waals surface area contributed by atoms with Crippen LogP contribution < -0.4 is 0 Å². The van der Waals surface area contributed by atoms with Gasteiger partial charge in [0.2, 0.25) is 0 Å². The first-order valence-electron chi connectivity index (χ1n) is 5.32. The van der Waals surface area contributed by atoms with E-state index in [0.29, 0.717) is 13.2 Å². The van der Waals surface area contributed by atoms with Gasteiger partial charge in [-0.2, -0.15) is 0 Å². The number of carboxylic acid groups (broad SMARTS) is 1. The average Bonchev–Trinajstić information content (AvgIpc) is 2.69. The summed E-state index contributed by atoms with van der Waals surface area (Å²) in [6, 6.07) is 0. The van der Waals surface area contributed by atoms with Crippen molar-refractivity contribution in [3.05, 3.63) is 0 Å². The molecule has 1 aliphatic heterocycles. The van der Waals surface area contributed by atoms with Crippen molar-refractivity contribution >= 4 is 18.4 Å². The standard InChI is InChI=1S/C10H17NO3.ClH/c12-9(13)10(3-1-2-4-10)11-5-7-14-8-6-11;/h1-8H2,(H,12,13);1H. The Hall–Kier alpha value is -0.320. The Labute approximate surface area is 96.0 Å². The van der Waals surface area contributed by atoms with Gasteiger partial charge in [0.1, 0.15) is 5.54 Å². The first-order valence-corrected chi connectivity index (χ1v) is 5.32. The summed E-state index contributed by atoms with van der Waals surface area (Å²) in [6.07, 6.45) is 3.71. The predicted octanol–water partition coefficient (Wildman–Crippen LogP) is 1.14. The fourth-order valence-electron chi connectivity index (χ4n) is 2.62. The first kappa shape index (κ1) is 12.7. The van der Waals surface area contributed by atoms with E-state index in [4.69, 9.17) is 4.74 Å². The summed E-state index contributed by atoms with van der Waals surface area (Å²) < 4.78 is 5.25. The van der Waals surface area contributed by atoms with Gasteiger partial charge in [-0.25, -0.2) is 0 Å². The molecule has 5 heteroatoms. The Kier molecular flexibility index (Phi) is 4.37. The van der Waals surface area contributed by atoms with E-state index in [1.165, 1.54) is 0 Å². The van der Waals surface area contributed by atoms with Crippen LogP contribution in [-0.2, 0) is 9.53 Å². The Bertz CT molecular complexity index is 223. The molecule has 1 saturated carbocycles. The molecule has 0 atom stereocenters. The number of aliphatic carboxylic acids is 1. The van der Waals surface area contributed by atoms with Crippen LogP contribution in [0.25, 0.3) is 0 Å². The highest BCUT2D eigenvalue weighted by atomic mass is 35.5. The van der Waals surface area contributed by atoms with E-state index < -0.39 is 11.5 Å². The van der Waals surface area contributed by atoms with E-state index in [1.54, 1.807) is 0 Å². The lowest BCUT2D eigenvalue weighted by Crippen LogP contribution is -2.56. The maximum Gasteiger partial charge on any atom is 0.324 e. The molecule has 1 N–H and O–H groups in total. The number of hydrogen-bond donors (Lipinski definition) is 1. The second-order valence-corrected chi connectivity index (χ2v) is 4.14. The molecule has 1 heterocycles. The SMILES string of the molecule is Cl.O=C(O)C1(N2CCOCC2)CCCC1. The maximum atomic E-state index is 11.3. The number of carboxylic acids is 1. The highest BCUT2D eigenvalue weighted by Gasteiger charge is 2.46. The third kappa shape index (κ3) is 2.27. The molecule has 0 aromatic carbocycles. The molecule has 0 aromatic rings. The van der Waals surface area contributed by atoms with Gasteiger partial charge in [-0.15, -0.1) is 12.4 Å². The van der Waals surface area contributed by atoms with Crippen LogP contribution in [0, 0.1) is 0 Å². The van der Waals surface area contributed by atoms with Crippen LogP contribution in [0.3, 0.4) is 0 Å². The van der Waals surface area contributed by atoms with Gasteiger partial charge >= 0.3 is 5.97 Å². The fraction of sp³-hybridized carbons (Fsp3) is 0.900. The summed E-state index contributed by atoms with van der Waals surface area (Å²) in [6.45, 7) is 2.89. The number of halogens is 1. The van der Waals surface area contributed by atoms with Gasteiger partial charge < -0.3 is 9.84 Å². The average molecular weight is 236 g/mol. The number of nitrogens with zero attached hydrogens (tertiary/aromatic N) is 1. The predicted molar refractivity (Wildman–Crippen MR) is 58.5 cm³/mol. The molecule has 0 spiro atoms. The Morgan fingerprint density at radius 3 is 2.20 bits per heavy atom. The molecule has 2 fully saturated rings. The van der Waals surface area contributed by atoms with Gasteiger partial charge in [0.05, 0.1) is 13.2 Å². The van der Waals surface area contributed by atoms with Crippen molar-refractivity contribution in [1.29, 1.82) is 0 Å². The molecule has 0 aromatic heterocycles. The molecular weight excluding hydrogens is 218 g/mol. The first-order chi connectivity index (χ1) is 6.76. The molecule has 0 bridgehead atoms. The summed E-state index contributed by atoms with van der Waals surface area (Å²) in [5.41, 5.74) is -0.566. The van der Waals surface area contributed by atoms with E-state index in [-0.39, 0.29) is 12.4 Å². The molecule has 0 unspecified atom stereocenters. The molecular formula is C10H18ClNO3. The summed E-state index contributed by atoms with van der Waals surface area (Å²) in [5.74, 6) is -0.642. The van der Waals surface area contributed by atoms with Crippen molar-refractivity contribution in [3.63, 3.8) is 0 Å². The minimum absolute atomic E-state index is 0. The smallest absolute Gasteiger partial charge is 0.324 e. The molecule has 0 radical (unpaired) electrons. The largest absolute Gasteiger partial charge is 0.480 e. The highest BCUT2D eigenvalue weighted by Crippen LogP contribution is 2.35. The molecule has 0 amide bonds. The lowest BCUT2D eigenvalue weighted by molar-refractivity contribution is -0.154. The van der Waals surface area contributed by atoms with Crippen LogP contribution in [0.5, 0.6) is 0 Å².